The maximum Gasteiger partial charge on any atom is 0.187 e. The van der Waals surface area contributed by atoms with Crippen molar-refractivity contribution >= 4 is 34.8 Å². The molecule has 25 heavy (non-hydrogen) atoms. The number of rotatable bonds is 4. The molecule has 1 atom stereocenters. The van der Waals surface area contributed by atoms with Gasteiger partial charge in [0.25, 0.3) is 0 Å². The van der Waals surface area contributed by atoms with E-state index in [2.05, 4.69) is 9.98 Å². The summed E-state index contributed by atoms with van der Waals surface area (Å²) >= 11 is 11.9. The summed E-state index contributed by atoms with van der Waals surface area (Å²) in [6.07, 6.45) is 1.59. The number of pyridine rings is 1. The van der Waals surface area contributed by atoms with E-state index in [0.29, 0.717) is 24.1 Å². The highest BCUT2D eigenvalue weighted by Crippen LogP contribution is 2.29. The van der Waals surface area contributed by atoms with Crippen molar-refractivity contribution in [2.75, 3.05) is 13.2 Å². The Kier molecular flexibility index (Phi) is 5.08. The van der Waals surface area contributed by atoms with Gasteiger partial charge in [-0.2, -0.15) is 0 Å². The third-order valence-corrected chi connectivity index (χ3v) is 4.50. The van der Waals surface area contributed by atoms with Gasteiger partial charge in [-0.25, -0.2) is 4.98 Å². The topological polar surface area (TPSA) is 77.6 Å². The number of halogens is 2. The highest BCUT2D eigenvalue weighted by molar-refractivity contribution is 6.36. The minimum absolute atomic E-state index is 0.174. The molecule has 0 saturated carbocycles. The van der Waals surface area contributed by atoms with Crippen LogP contribution in [-0.4, -0.2) is 29.8 Å². The molecule has 0 spiro atoms. The lowest BCUT2D eigenvalue weighted by Crippen LogP contribution is -2.37. The molecule has 2 N–H and O–H groups in total. The Morgan fingerprint density at radius 1 is 1.36 bits per heavy atom. The third kappa shape index (κ3) is 4.00. The molecule has 1 unspecified atom stereocenters. The zero-order chi connectivity index (χ0) is 18.0. The SMILES string of the molecule is CC1(c2cccc(CC(=O)c3ncc(Cl)cc3Cl)c2)COCC(N)=N1. The molecule has 1 aliphatic rings. The molecule has 0 radical (unpaired) electrons. The molecule has 7 heteroatoms. The number of carbonyl (C=O) groups excluding carboxylic acids is 1. The average molecular weight is 378 g/mol. The molecule has 1 aromatic carbocycles. The molecule has 1 aromatic heterocycles. The van der Waals surface area contributed by atoms with Gasteiger partial charge in [-0.3, -0.25) is 9.79 Å². The lowest BCUT2D eigenvalue weighted by Gasteiger charge is -2.30. The molecule has 0 saturated heterocycles. The number of ether oxygens (including phenoxy) is 1. The number of nitrogens with zero attached hydrogens (tertiary/aromatic N) is 2. The standard InChI is InChI=1S/C18H17Cl2N3O2/c1-18(10-25-9-16(21)23-18)12-4-2-3-11(5-12)6-15(24)17-14(20)7-13(19)8-22-17/h2-5,7-8H,6,9-10H2,1H3,(H2,21,23). The van der Waals surface area contributed by atoms with E-state index in [9.17, 15) is 4.79 Å². The van der Waals surface area contributed by atoms with Gasteiger partial charge in [0.15, 0.2) is 5.78 Å². The number of Topliss-reactive ketones (excluding diaryl/α,β-unsaturated/α-hetero) is 1. The summed E-state index contributed by atoms with van der Waals surface area (Å²) in [6.45, 7) is 2.74. The summed E-state index contributed by atoms with van der Waals surface area (Å²) in [5, 5.41) is 0.642. The molecule has 3 rings (SSSR count). The Morgan fingerprint density at radius 2 is 2.16 bits per heavy atom. The first-order valence-corrected chi connectivity index (χ1v) is 8.48. The van der Waals surface area contributed by atoms with E-state index >= 15 is 0 Å². The van der Waals surface area contributed by atoms with E-state index in [-0.39, 0.29) is 22.9 Å². The molecule has 0 amide bonds. The van der Waals surface area contributed by atoms with Gasteiger partial charge in [-0.05, 0) is 24.1 Å². The van der Waals surface area contributed by atoms with Gasteiger partial charge < -0.3 is 10.5 Å². The van der Waals surface area contributed by atoms with Crippen LogP contribution in [0.5, 0.6) is 0 Å². The number of amidine groups is 1. The van der Waals surface area contributed by atoms with Crippen molar-refractivity contribution in [3.63, 3.8) is 0 Å². The molecule has 2 heterocycles. The van der Waals surface area contributed by atoms with Crippen LogP contribution in [0, 0.1) is 0 Å². The average Bonchev–Trinajstić information content (AvgIpc) is 2.54. The minimum Gasteiger partial charge on any atom is -0.386 e. The summed E-state index contributed by atoms with van der Waals surface area (Å²) < 4.78 is 5.51. The minimum atomic E-state index is -0.558. The van der Waals surface area contributed by atoms with Crippen LogP contribution in [0.4, 0.5) is 0 Å². The number of hydrogen-bond acceptors (Lipinski definition) is 5. The van der Waals surface area contributed by atoms with Gasteiger partial charge in [0, 0.05) is 12.6 Å². The Balaban J connectivity index is 1.85. The van der Waals surface area contributed by atoms with Crippen LogP contribution in [0.2, 0.25) is 10.0 Å². The van der Waals surface area contributed by atoms with Gasteiger partial charge in [0.2, 0.25) is 0 Å². The first-order chi connectivity index (χ1) is 11.9. The zero-order valence-electron chi connectivity index (χ0n) is 13.6. The van der Waals surface area contributed by atoms with E-state index in [0.717, 1.165) is 11.1 Å². The fourth-order valence-corrected chi connectivity index (χ4v) is 3.27. The molecule has 0 aliphatic carbocycles. The monoisotopic (exact) mass is 377 g/mol. The molecule has 1 aliphatic heterocycles. The summed E-state index contributed by atoms with van der Waals surface area (Å²) in [5.74, 6) is 0.291. The molecule has 130 valence electrons. The van der Waals surface area contributed by atoms with E-state index in [1.165, 1.54) is 12.3 Å². The molecule has 5 nitrogen and oxygen atoms in total. The number of ketones is 1. The van der Waals surface area contributed by atoms with Crippen molar-refractivity contribution in [1.29, 1.82) is 0 Å². The molecule has 2 aromatic rings. The van der Waals surface area contributed by atoms with Crippen molar-refractivity contribution in [3.8, 4) is 0 Å². The zero-order valence-corrected chi connectivity index (χ0v) is 15.1. The van der Waals surface area contributed by atoms with E-state index < -0.39 is 5.54 Å². The number of hydrogen-bond donors (Lipinski definition) is 1. The van der Waals surface area contributed by atoms with Crippen LogP contribution in [0.3, 0.4) is 0 Å². The lowest BCUT2D eigenvalue weighted by atomic mass is 9.90. The van der Waals surface area contributed by atoms with Gasteiger partial charge >= 0.3 is 0 Å². The van der Waals surface area contributed by atoms with Crippen LogP contribution in [0.1, 0.15) is 28.5 Å². The number of aliphatic imine (C=N–C) groups is 1. The molecule has 0 fully saturated rings. The summed E-state index contributed by atoms with van der Waals surface area (Å²) in [4.78, 5) is 21.1. The van der Waals surface area contributed by atoms with Crippen molar-refractivity contribution in [2.24, 2.45) is 10.7 Å². The largest absolute Gasteiger partial charge is 0.386 e. The van der Waals surface area contributed by atoms with Crippen LogP contribution in [-0.2, 0) is 16.7 Å². The second kappa shape index (κ2) is 7.12. The van der Waals surface area contributed by atoms with Crippen LogP contribution < -0.4 is 5.73 Å². The Bertz CT molecular complexity index is 854. The lowest BCUT2D eigenvalue weighted by molar-refractivity contribution is 0.0987. The first kappa shape index (κ1) is 17.9. The fourth-order valence-electron chi connectivity index (χ4n) is 2.79. The van der Waals surface area contributed by atoms with Crippen LogP contribution >= 0.6 is 23.2 Å². The number of carbonyl (C=O) groups is 1. The highest BCUT2D eigenvalue weighted by atomic mass is 35.5. The van der Waals surface area contributed by atoms with E-state index in [1.807, 2.05) is 31.2 Å². The normalized spacial score (nSPS) is 20.2. The van der Waals surface area contributed by atoms with Crippen molar-refractivity contribution in [2.45, 2.75) is 18.9 Å². The quantitative estimate of drug-likeness (QED) is 0.827. The van der Waals surface area contributed by atoms with E-state index in [4.69, 9.17) is 33.7 Å². The summed E-state index contributed by atoms with van der Waals surface area (Å²) in [5.41, 5.74) is 7.25. The number of nitrogens with two attached hydrogens (primary N) is 1. The maximum atomic E-state index is 12.5. The fraction of sp³-hybridized carbons (Fsp3) is 0.278. The van der Waals surface area contributed by atoms with Gasteiger partial charge in [-0.15, -0.1) is 0 Å². The van der Waals surface area contributed by atoms with Crippen molar-refractivity contribution < 1.29 is 9.53 Å². The first-order valence-electron chi connectivity index (χ1n) is 7.73. The van der Waals surface area contributed by atoms with Crippen LogP contribution in [0.25, 0.3) is 0 Å². The van der Waals surface area contributed by atoms with Crippen molar-refractivity contribution in [1.82, 2.24) is 4.98 Å². The molecular formula is C18H17Cl2N3O2. The van der Waals surface area contributed by atoms with Gasteiger partial charge in [-0.1, -0.05) is 47.5 Å². The second-order valence-corrected chi connectivity index (χ2v) is 7.00. The highest BCUT2D eigenvalue weighted by Gasteiger charge is 2.30. The van der Waals surface area contributed by atoms with Gasteiger partial charge in [0.1, 0.15) is 23.7 Å². The summed E-state index contributed by atoms with van der Waals surface area (Å²) in [6, 6.07) is 9.17. The third-order valence-electron chi connectivity index (χ3n) is 4.01. The molecular weight excluding hydrogens is 361 g/mol. The predicted molar refractivity (Wildman–Crippen MR) is 98.5 cm³/mol. The number of benzene rings is 1. The maximum absolute atomic E-state index is 12.5. The predicted octanol–water partition coefficient (Wildman–Crippen LogP) is 3.42. The van der Waals surface area contributed by atoms with Crippen LogP contribution in [0.15, 0.2) is 41.5 Å². The Hall–Kier alpha value is -1.95. The Morgan fingerprint density at radius 3 is 2.88 bits per heavy atom. The van der Waals surface area contributed by atoms with Crippen molar-refractivity contribution in [3.05, 3.63) is 63.4 Å². The molecule has 0 bridgehead atoms. The second-order valence-electron chi connectivity index (χ2n) is 6.15. The van der Waals surface area contributed by atoms with E-state index in [1.54, 1.807) is 0 Å². The summed E-state index contributed by atoms with van der Waals surface area (Å²) in [7, 11) is 0. The van der Waals surface area contributed by atoms with Gasteiger partial charge in [0.05, 0.1) is 16.7 Å². The Labute approximate surface area is 155 Å². The number of aromatic nitrogens is 1. The smallest absolute Gasteiger partial charge is 0.187 e.